The zero-order valence-corrected chi connectivity index (χ0v) is 14.9. The third-order valence-corrected chi connectivity index (χ3v) is 4.08. The van der Waals surface area contributed by atoms with E-state index in [0.29, 0.717) is 12.5 Å². The predicted molar refractivity (Wildman–Crippen MR) is 105 cm³/mol. The molecule has 0 saturated carbocycles. The first-order valence-electron chi connectivity index (χ1n) is 8.60. The topological polar surface area (TPSA) is 80.5 Å². The molecule has 1 aromatic carbocycles. The van der Waals surface area contributed by atoms with Gasteiger partial charge in [-0.05, 0) is 42.8 Å². The molecule has 0 aliphatic rings. The monoisotopic (exact) mass is 357 g/mol. The number of benzene rings is 1. The van der Waals surface area contributed by atoms with Gasteiger partial charge in [0.05, 0.1) is 6.33 Å². The van der Waals surface area contributed by atoms with Crippen LogP contribution in [0.2, 0.25) is 0 Å². The van der Waals surface area contributed by atoms with E-state index in [0.717, 1.165) is 28.3 Å². The molecular formula is C20H19N7. The summed E-state index contributed by atoms with van der Waals surface area (Å²) in [5.74, 6) is 1.34. The molecule has 0 unspecified atom stereocenters. The Morgan fingerprint density at radius 3 is 2.63 bits per heavy atom. The van der Waals surface area contributed by atoms with Crippen molar-refractivity contribution >= 4 is 17.5 Å². The first-order chi connectivity index (χ1) is 13.3. The lowest BCUT2D eigenvalue weighted by Crippen LogP contribution is -2.06. The van der Waals surface area contributed by atoms with Gasteiger partial charge in [-0.25, -0.2) is 9.97 Å². The first-order valence-corrected chi connectivity index (χ1v) is 8.60. The number of nitrogens with one attached hydrogen (secondary N) is 2. The number of hydrogen-bond donors (Lipinski definition) is 2. The normalized spacial score (nSPS) is 10.6. The Bertz CT molecular complexity index is 996. The number of anilines is 3. The van der Waals surface area contributed by atoms with E-state index in [-0.39, 0.29) is 0 Å². The molecule has 0 aliphatic heterocycles. The summed E-state index contributed by atoms with van der Waals surface area (Å²) in [7, 11) is 0. The maximum absolute atomic E-state index is 4.59. The molecular weight excluding hydrogens is 338 g/mol. The molecule has 7 nitrogen and oxygen atoms in total. The lowest BCUT2D eigenvalue weighted by Gasteiger charge is -2.11. The number of aromatic nitrogens is 5. The van der Waals surface area contributed by atoms with Crippen LogP contribution in [0.5, 0.6) is 0 Å². The van der Waals surface area contributed by atoms with Crippen LogP contribution in [0, 0.1) is 6.92 Å². The number of pyridine rings is 1. The molecule has 4 aromatic rings. The molecule has 27 heavy (non-hydrogen) atoms. The molecule has 0 aliphatic carbocycles. The van der Waals surface area contributed by atoms with Gasteiger partial charge < -0.3 is 15.2 Å². The van der Waals surface area contributed by atoms with Gasteiger partial charge in [0.15, 0.2) is 0 Å². The van der Waals surface area contributed by atoms with Crippen LogP contribution in [0.1, 0.15) is 11.1 Å². The summed E-state index contributed by atoms with van der Waals surface area (Å²) in [5, 5.41) is 6.58. The van der Waals surface area contributed by atoms with Crippen molar-refractivity contribution in [3.05, 3.63) is 84.8 Å². The van der Waals surface area contributed by atoms with Crippen molar-refractivity contribution < 1.29 is 0 Å². The van der Waals surface area contributed by atoms with Crippen LogP contribution in [-0.4, -0.2) is 24.5 Å². The van der Waals surface area contributed by atoms with Gasteiger partial charge >= 0.3 is 0 Å². The maximum atomic E-state index is 4.59. The second kappa shape index (κ2) is 7.65. The fourth-order valence-corrected chi connectivity index (χ4v) is 2.63. The lowest BCUT2D eigenvalue weighted by molar-refractivity contribution is 1.05. The molecule has 2 N–H and O–H groups in total. The van der Waals surface area contributed by atoms with Crippen LogP contribution in [0.4, 0.5) is 17.5 Å². The highest BCUT2D eigenvalue weighted by Crippen LogP contribution is 2.19. The minimum absolute atomic E-state index is 0.546. The third kappa shape index (κ3) is 4.09. The summed E-state index contributed by atoms with van der Waals surface area (Å²) >= 11 is 0. The SMILES string of the molecule is Cc1cnc(Nc2ccc(-n3ccnc3)cc2)nc1NCc1cccnc1. The summed E-state index contributed by atoms with van der Waals surface area (Å²) in [4.78, 5) is 17.1. The highest BCUT2D eigenvalue weighted by Gasteiger charge is 2.05. The molecule has 0 radical (unpaired) electrons. The lowest BCUT2D eigenvalue weighted by atomic mass is 10.2. The first kappa shape index (κ1) is 16.7. The number of hydrogen-bond acceptors (Lipinski definition) is 6. The number of imidazole rings is 1. The molecule has 0 bridgehead atoms. The Hall–Kier alpha value is -3.74. The molecule has 0 saturated heterocycles. The Kier molecular flexibility index (Phi) is 4.74. The van der Waals surface area contributed by atoms with E-state index in [1.54, 1.807) is 24.9 Å². The van der Waals surface area contributed by atoms with Gasteiger partial charge in [-0.2, -0.15) is 4.98 Å². The van der Waals surface area contributed by atoms with Crippen LogP contribution >= 0.6 is 0 Å². The van der Waals surface area contributed by atoms with Crippen molar-refractivity contribution in [2.24, 2.45) is 0 Å². The van der Waals surface area contributed by atoms with E-state index in [9.17, 15) is 0 Å². The Balaban J connectivity index is 1.46. The van der Waals surface area contributed by atoms with Gasteiger partial charge in [0.1, 0.15) is 5.82 Å². The minimum Gasteiger partial charge on any atom is -0.366 e. The summed E-state index contributed by atoms with van der Waals surface area (Å²) < 4.78 is 1.95. The highest BCUT2D eigenvalue weighted by molar-refractivity contribution is 5.57. The average molecular weight is 357 g/mol. The molecule has 4 rings (SSSR count). The predicted octanol–water partition coefficient (Wildman–Crippen LogP) is 3.72. The summed E-state index contributed by atoms with van der Waals surface area (Å²) in [6, 6.07) is 11.9. The van der Waals surface area contributed by atoms with Gasteiger partial charge in [-0.1, -0.05) is 6.07 Å². The number of aryl methyl sites for hydroxylation is 1. The van der Waals surface area contributed by atoms with Crippen LogP contribution < -0.4 is 10.6 Å². The van der Waals surface area contributed by atoms with E-state index in [1.807, 2.05) is 60.3 Å². The second-order valence-corrected chi connectivity index (χ2v) is 6.08. The highest BCUT2D eigenvalue weighted by atomic mass is 15.1. The van der Waals surface area contributed by atoms with Crippen LogP contribution in [0.25, 0.3) is 5.69 Å². The van der Waals surface area contributed by atoms with Gasteiger partial charge in [0, 0.05) is 54.5 Å². The molecule has 3 heterocycles. The third-order valence-electron chi connectivity index (χ3n) is 4.08. The van der Waals surface area contributed by atoms with E-state index < -0.39 is 0 Å². The zero-order chi connectivity index (χ0) is 18.5. The van der Waals surface area contributed by atoms with Crippen LogP contribution in [0.15, 0.2) is 73.7 Å². The van der Waals surface area contributed by atoms with Crippen LogP contribution in [0.3, 0.4) is 0 Å². The van der Waals surface area contributed by atoms with Crippen molar-refractivity contribution in [3.63, 3.8) is 0 Å². The van der Waals surface area contributed by atoms with Gasteiger partial charge in [-0.3, -0.25) is 4.98 Å². The fourth-order valence-electron chi connectivity index (χ4n) is 2.63. The van der Waals surface area contributed by atoms with Gasteiger partial charge in [0.2, 0.25) is 5.95 Å². The zero-order valence-electron chi connectivity index (χ0n) is 14.9. The van der Waals surface area contributed by atoms with Crippen molar-refractivity contribution in [2.45, 2.75) is 13.5 Å². The smallest absolute Gasteiger partial charge is 0.229 e. The standard InChI is InChI=1S/C20H19N7/c1-15-11-24-20(26-19(15)23-13-16-3-2-8-21-12-16)25-17-4-6-18(7-5-17)27-10-9-22-14-27/h2-12,14H,13H2,1H3,(H2,23,24,25,26). The van der Waals surface area contributed by atoms with E-state index in [2.05, 4.69) is 30.6 Å². The number of nitrogens with zero attached hydrogens (tertiary/aromatic N) is 5. The van der Waals surface area contributed by atoms with E-state index in [4.69, 9.17) is 0 Å². The van der Waals surface area contributed by atoms with Gasteiger partial charge in [0.25, 0.3) is 0 Å². The van der Waals surface area contributed by atoms with Crippen molar-refractivity contribution in [2.75, 3.05) is 10.6 Å². The van der Waals surface area contributed by atoms with E-state index >= 15 is 0 Å². The molecule has 0 fully saturated rings. The van der Waals surface area contributed by atoms with E-state index in [1.165, 1.54) is 0 Å². The van der Waals surface area contributed by atoms with Crippen molar-refractivity contribution in [1.82, 2.24) is 24.5 Å². The summed E-state index contributed by atoms with van der Waals surface area (Å²) in [5.41, 5.74) is 4.04. The average Bonchev–Trinajstić information content (AvgIpc) is 3.25. The van der Waals surface area contributed by atoms with Gasteiger partial charge in [-0.15, -0.1) is 0 Å². The summed E-state index contributed by atoms with van der Waals surface area (Å²) in [6.07, 6.45) is 10.8. The van der Waals surface area contributed by atoms with Crippen LogP contribution in [-0.2, 0) is 6.54 Å². The second-order valence-electron chi connectivity index (χ2n) is 6.08. The Morgan fingerprint density at radius 1 is 1.00 bits per heavy atom. The molecule has 0 atom stereocenters. The number of rotatable bonds is 6. The Morgan fingerprint density at radius 2 is 1.89 bits per heavy atom. The molecule has 0 spiro atoms. The largest absolute Gasteiger partial charge is 0.366 e. The molecule has 0 amide bonds. The summed E-state index contributed by atoms with van der Waals surface area (Å²) in [6.45, 7) is 2.64. The fraction of sp³-hybridized carbons (Fsp3) is 0.100. The van der Waals surface area contributed by atoms with Crippen molar-refractivity contribution in [3.8, 4) is 5.69 Å². The maximum Gasteiger partial charge on any atom is 0.229 e. The quantitative estimate of drug-likeness (QED) is 0.547. The molecule has 3 aromatic heterocycles. The molecule has 7 heteroatoms. The Labute approximate surface area is 157 Å². The van der Waals surface area contributed by atoms with Crippen molar-refractivity contribution in [1.29, 1.82) is 0 Å². The minimum atomic E-state index is 0.546. The molecule has 134 valence electrons.